The summed E-state index contributed by atoms with van der Waals surface area (Å²) < 4.78 is 10.9. The highest BCUT2D eigenvalue weighted by atomic mass is 79.9. The second-order valence-electron chi connectivity index (χ2n) is 3.00. The van der Waals surface area contributed by atoms with E-state index in [1.54, 1.807) is 20.1 Å². The van der Waals surface area contributed by atoms with Crippen LogP contribution in [-0.2, 0) is 10.1 Å². The minimum atomic E-state index is -0.319. The molecule has 0 saturated heterocycles. The molecule has 88 valence electrons. The molecule has 1 rings (SSSR count). The van der Waals surface area contributed by atoms with Gasteiger partial charge >= 0.3 is 5.97 Å². The van der Waals surface area contributed by atoms with Gasteiger partial charge in [0.25, 0.3) is 0 Å². The van der Waals surface area contributed by atoms with Gasteiger partial charge in [0.05, 0.1) is 23.8 Å². The molecule has 0 spiro atoms. The Balaban J connectivity index is 3.17. The second kappa shape index (κ2) is 6.25. The first-order valence-corrected chi connectivity index (χ1v) is 6.65. The lowest BCUT2D eigenvalue weighted by Gasteiger charge is -2.10. The Morgan fingerprint density at radius 1 is 1.44 bits per heavy atom. The number of rotatable bonds is 4. The van der Waals surface area contributed by atoms with Gasteiger partial charge in [0.2, 0.25) is 0 Å². The van der Waals surface area contributed by atoms with Crippen molar-refractivity contribution in [2.45, 2.75) is 12.3 Å². The summed E-state index contributed by atoms with van der Waals surface area (Å²) in [5.74, 6) is 0.378. The van der Waals surface area contributed by atoms with Crippen molar-refractivity contribution in [3.8, 4) is 5.75 Å². The molecule has 16 heavy (non-hydrogen) atoms. The van der Waals surface area contributed by atoms with Gasteiger partial charge < -0.3 is 9.47 Å². The van der Waals surface area contributed by atoms with E-state index in [2.05, 4.69) is 31.9 Å². The number of halogens is 2. The molecule has 1 aromatic rings. The van der Waals surface area contributed by atoms with Crippen molar-refractivity contribution < 1.29 is 14.3 Å². The number of esters is 1. The van der Waals surface area contributed by atoms with Crippen molar-refractivity contribution in [3.63, 3.8) is 0 Å². The van der Waals surface area contributed by atoms with Gasteiger partial charge in [0.15, 0.2) is 0 Å². The maximum atomic E-state index is 11.7. The van der Waals surface area contributed by atoms with E-state index >= 15 is 0 Å². The third-order valence-corrected chi connectivity index (χ3v) is 3.24. The van der Waals surface area contributed by atoms with Crippen LogP contribution in [0.3, 0.4) is 0 Å². The van der Waals surface area contributed by atoms with E-state index in [9.17, 15) is 4.79 Å². The molecule has 0 unspecified atom stereocenters. The number of alkyl halides is 1. The summed E-state index contributed by atoms with van der Waals surface area (Å²) in [6, 6.07) is 3.53. The van der Waals surface area contributed by atoms with Crippen LogP contribution in [-0.4, -0.2) is 19.7 Å². The summed E-state index contributed by atoms with van der Waals surface area (Å²) in [7, 11) is 1.59. The Morgan fingerprint density at radius 2 is 2.12 bits per heavy atom. The lowest BCUT2D eigenvalue weighted by Crippen LogP contribution is -2.08. The highest BCUT2D eigenvalue weighted by molar-refractivity contribution is 9.10. The second-order valence-corrected chi connectivity index (χ2v) is 4.41. The van der Waals surface area contributed by atoms with Gasteiger partial charge in [0, 0.05) is 5.33 Å². The first kappa shape index (κ1) is 13.5. The van der Waals surface area contributed by atoms with Crippen LogP contribution in [0.25, 0.3) is 0 Å². The quantitative estimate of drug-likeness (QED) is 0.615. The minimum Gasteiger partial charge on any atom is -0.496 e. The zero-order valence-corrected chi connectivity index (χ0v) is 12.2. The van der Waals surface area contributed by atoms with Crippen LogP contribution < -0.4 is 4.74 Å². The van der Waals surface area contributed by atoms with Crippen LogP contribution >= 0.6 is 31.9 Å². The molecule has 0 radical (unpaired) electrons. The highest BCUT2D eigenvalue weighted by Gasteiger charge is 2.15. The zero-order valence-electron chi connectivity index (χ0n) is 9.05. The summed E-state index contributed by atoms with van der Waals surface area (Å²) in [5, 5.41) is 0.574. The topological polar surface area (TPSA) is 35.5 Å². The van der Waals surface area contributed by atoms with Crippen molar-refractivity contribution in [2.75, 3.05) is 13.7 Å². The molecule has 1 aromatic carbocycles. The summed E-state index contributed by atoms with van der Waals surface area (Å²) in [6.07, 6.45) is 0. The fraction of sp³-hybridized carbons (Fsp3) is 0.364. The molecule has 5 heteroatoms. The molecule has 0 aliphatic carbocycles. The van der Waals surface area contributed by atoms with Crippen molar-refractivity contribution in [1.29, 1.82) is 0 Å². The van der Waals surface area contributed by atoms with E-state index in [-0.39, 0.29) is 5.97 Å². The molecular weight excluding hydrogens is 340 g/mol. The maximum absolute atomic E-state index is 11.7. The Morgan fingerprint density at radius 3 is 2.62 bits per heavy atom. The van der Waals surface area contributed by atoms with Crippen LogP contribution in [0.2, 0.25) is 0 Å². The molecule has 0 N–H and O–H groups in total. The molecule has 0 bridgehead atoms. The number of methoxy groups -OCH3 is 1. The fourth-order valence-electron chi connectivity index (χ4n) is 1.26. The minimum absolute atomic E-state index is 0.319. The Hall–Kier alpha value is -0.550. The smallest absolute Gasteiger partial charge is 0.338 e. The Kier molecular flexibility index (Phi) is 5.28. The highest BCUT2D eigenvalue weighted by Crippen LogP contribution is 2.30. The monoisotopic (exact) mass is 350 g/mol. The number of hydrogen-bond acceptors (Lipinski definition) is 3. The van der Waals surface area contributed by atoms with Crippen LogP contribution in [0.1, 0.15) is 22.8 Å². The fourth-order valence-corrected chi connectivity index (χ4v) is 2.23. The summed E-state index contributed by atoms with van der Waals surface area (Å²) in [5.41, 5.74) is 1.39. The average molecular weight is 352 g/mol. The largest absolute Gasteiger partial charge is 0.496 e. The lowest BCUT2D eigenvalue weighted by molar-refractivity contribution is 0.0525. The average Bonchev–Trinajstić information content (AvgIpc) is 2.29. The molecule has 0 aliphatic rings. The molecular formula is C11H12Br2O3. The van der Waals surface area contributed by atoms with Crippen molar-refractivity contribution in [2.24, 2.45) is 0 Å². The number of benzene rings is 1. The maximum Gasteiger partial charge on any atom is 0.338 e. The standard InChI is InChI=1S/C11H12Br2O3/c1-3-16-11(14)8-5-9(13)10(15-2)4-7(8)6-12/h4-5H,3,6H2,1-2H3. The SMILES string of the molecule is CCOC(=O)c1cc(Br)c(OC)cc1CBr. The van der Waals surface area contributed by atoms with Crippen molar-refractivity contribution in [3.05, 3.63) is 27.7 Å². The van der Waals surface area contributed by atoms with Gasteiger partial charge in [-0.15, -0.1) is 0 Å². The van der Waals surface area contributed by atoms with Gasteiger partial charge in [0.1, 0.15) is 5.75 Å². The molecule has 3 nitrogen and oxygen atoms in total. The predicted octanol–water partition coefficient (Wildman–Crippen LogP) is 3.53. The first-order chi connectivity index (χ1) is 7.63. The third-order valence-electron chi connectivity index (χ3n) is 2.02. The van der Waals surface area contributed by atoms with E-state index in [0.29, 0.717) is 23.2 Å². The molecule has 0 aliphatic heterocycles. The molecule has 0 aromatic heterocycles. The van der Waals surface area contributed by atoms with Gasteiger partial charge in [-0.2, -0.15) is 0 Å². The summed E-state index contributed by atoms with van der Waals surface area (Å²) in [6.45, 7) is 2.15. The van der Waals surface area contributed by atoms with Gasteiger partial charge in [-0.05, 0) is 40.5 Å². The van der Waals surface area contributed by atoms with Gasteiger partial charge in [-0.3, -0.25) is 0 Å². The zero-order chi connectivity index (χ0) is 12.1. The van der Waals surface area contributed by atoms with Crippen LogP contribution in [0, 0.1) is 0 Å². The Labute approximate surface area is 111 Å². The van der Waals surface area contributed by atoms with Crippen molar-refractivity contribution in [1.82, 2.24) is 0 Å². The van der Waals surface area contributed by atoms with E-state index in [4.69, 9.17) is 9.47 Å². The lowest BCUT2D eigenvalue weighted by atomic mass is 10.1. The molecule has 0 atom stereocenters. The van der Waals surface area contributed by atoms with Crippen LogP contribution in [0.15, 0.2) is 16.6 Å². The molecule has 0 fully saturated rings. The van der Waals surface area contributed by atoms with E-state index < -0.39 is 0 Å². The summed E-state index contributed by atoms with van der Waals surface area (Å²) in [4.78, 5) is 11.7. The Bertz CT molecular complexity index is 391. The molecule has 0 amide bonds. The van der Waals surface area contributed by atoms with E-state index in [1.165, 1.54) is 0 Å². The van der Waals surface area contributed by atoms with Crippen LogP contribution in [0.4, 0.5) is 0 Å². The first-order valence-electron chi connectivity index (χ1n) is 4.73. The number of carbonyl (C=O) groups is 1. The number of carbonyl (C=O) groups excluding carboxylic acids is 1. The third kappa shape index (κ3) is 2.98. The van der Waals surface area contributed by atoms with E-state index in [0.717, 1.165) is 10.0 Å². The number of hydrogen-bond donors (Lipinski definition) is 0. The van der Waals surface area contributed by atoms with E-state index in [1.807, 2.05) is 6.07 Å². The van der Waals surface area contributed by atoms with Gasteiger partial charge in [-0.25, -0.2) is 4.79 Å². The number of ether oxygens (including phenoxy) is 2. The van der Waals surface area contributed by atoms with Crippen molar-refractivity contribution >= 4 is 37.8 Å². The predicted molar refractivity (Wildman–Crippen MR) is 69.3 cm³/mol. The normalized spacial score (nSPS) is 10.0. The van der Waals surface area contributed by atoms with Gasteiger partial charge in [-0.1, -0.05) is 15.9 Å². The van der Waals surface area contributed by atoms with Crippen LogP contribution in [0.5, 0.6) is 5.75 Å². The molecule has 0 heterocycles. The molecule has 0 saturated carbocycles. The summed E-state index contributed by atoms with van der Waals surface area (Å²) >= 11 is 6.68.